The van der Waals surface area contributed by atoms with Crippen LogP contribution >= 0.6 is 7.82 Å². The molecular formula is C69H132N2O6P+. The molecule has 0 saturated heterocycles. The van der Waals surface area contributed by atoms with Crippen LogP contribution in [0, 0.1) is 0 Å². The number of unbranched alkanes of at least 4 members (excludes halogenated alkanes) is 39. The Morgan fingerprint density at radius 3 is 1.13 bits per heavy atom. The molecule has 0 fully saturated rings. The number of nitrogens with zero attached hydrogens (tertiary/aromatic N) is 1. The van der Waals surface area contributed by atoms with Crippen LogP contribution in [0.5, 0.6) is 0 Å². The molecule has 0 aromatic heterocycles. The number of aliphatic hydroxyl groups excluding tert-OH is 1. The van der Waals surface area contributed by atoms with Crippen LogP contribution < -0.4 is 5.32 Å². The van der Waals surface area contributed by atoms with Gasteiger partial charge in [-0.1, -0.05) is 319 Å². The molecule has 0 heterocycles. The van der Waals surface area contributed by atoms with Crippen LogP contribution in [0.2, 0.25) is 0 Å². The fraction of sp³-hybridized carbons (Fsp3) is 0.841. The summed E-state index contributed by atoms with van der Waals surface area (Å²) in [6, 6.07) is -0.769. The summed E-state index contributed by atoms with van der Waals surface area (Å²) in [4.78, 5) is 23.4. The van der Waals surface area contributed by atoms with E-state index in [-0.39, 0.29) is 19.1 Å². The van der Waals surface area contributed by atoms with Crippen molar-refractivity contribution in [1.29, 1.82) is 0 Å². The van der Waals surface area contributed by atoms with Gasteiger partial charge in [0.25, 0.3) is 0 Å². The third-order valence-corrected chi connectivity index (χ3v) is 16.3. The Morgan fingerprint density at radius 1 is 0.449 bits per heavy atom. The van der Waals surface area contributed by atoms with Crippen molar-refractivity contribution in [1.82, 2.24) is 5.32 Å². The number of likely N-dealkylation sites (N-methyl/N-ethyl adjacent to an activating group) is 1. The number of phosphoric ester groups is 1. The van der Waals surface area contributed by atoms with E-state index in [4.69, 9.17) is 9.05 Å². The van der Waals surface area contributed by atoms with Crippen molar-refractivity contribution in [3.63, 3.8) is 0 Å². The summed E-state index contributed by atoms with van der Waals surface area (Å²) in [5, 5.41) is 14.1. The van der Waals surface area contributed by atoms with E-state index in [9.17, 15) is 19.4 Å². The topological polar surface area (TPSA) is 105 Å². The van der Waals surface area contributed by atoms with Crippen LogP contribution in [0.25, 0.3) is 0 Å². The van der Waals surface area contributed by atoms with E-state index in [1.807, 2.05) is 21.1 Å². The van der Waals surface area contributed by atoms with Crippen molar-refractivity contribution in [2.75, 3.05) is 40.9 Å². The van der Waals surface area contributed by atoms with Crippen molar-refractivity contribution in [3.05, 3.63) is 60.8 Å². The third-order valence-electron chi connectivity index (χ3n) is 15.3. The average molecular weight is 1120 g/mol. The predicted octanol–water partition coefficient (Wildman–Crippen LogP) is 21.2. The summed E-state index contributed by atoms with van der Waals surface area (Å²) in [5.74, 6) is -0.148. The fourth-order valence-corrected chi connectivity index (χ4v) is 10.8. The Bertz CT molecular complexity index is 1450. The molecule has 458 valence electrons. The van der Waals surface area contributed by atoms with Gasteiger partial charge in [-0.2, -0.15) is 0 Å². The first-order chi connectivity index (χ1) is 38.0. The van der Waals surface area contributed by atoms with Crippen LogP contribution in [-0.4, -0.2) is 73.4 Å². The van der Waals surface area contributed by atoms with Gasteiger partial charge in [-0.05, 0) is 57.8 Å². The number of carbonyl (C=O) groups excluding carboxylic acids is 1. The summed E-state index contributed by atoms with van der Waals surface area (Å²) in [6.07, 6.45) is 81.7. The van der Waals surface area contributed by atoms with Gasteiger partial charge in [0, 0.05) is 6.42 Å². The highest BCUT2D eigenvalue weighted by molar-refractivity contribution is 7.47. The van der Waals surface area contributed by atoms with Crippen molar-refractivity contribution < 1.29 is 32.9 Å². The Kier molecular flexibility index (Phi) is 58.4. The zero-order valence-electron chi connectivity index (χ0n) is 52.4. The number of amides is 1. The highest BCUT2D eigenvalue weighted by atomic mass is 31.2. The average Bonchev–Trinajstić information content (AvgIpc) is 3.41. The molecule has 0 bridgehead atoms. The number of rotatable bonds is 62. The zero-order valence-corrected chi connectivity index (χ0v) is 53.3. The van der Waals surface area contributed by atoms with Gasteiger partial charge in [-0.25, -0.2) is 4.57 Å². The van der Waals surface area contributed by atoms with Gasteiger partial charge in [0.1, 0.15) is 13.2 Å². The minimum atomic E-state index is -4.33. The van der Waals surface area contributed by atoms with E-state index >= 15 is 0 Å². The third kappa shape index (κ3) is 61.8. The van der Waals surface area contributed by atoms with Crippen LogP contribution in [0.1, 0.15) is 322 Å². The molecule has 3 atom stereocenters. The normalized spacial score (nSPS) is 14.1. The van der Waals surface area contributed by atoms with E-state index in [1.165, 1.54) is 218 Å². The molecule has 1 amide bonds. The molecule has 0 rings (SSSR count). The highest BCUT2D eigenvalue weighted by Crippen LogP contribution is 2.43. The van der Waals surface area contributed by atoms with Crippen molar-refractivity contribution in [2.45, 2.75) is 334 Å². The molecule has 3 N–H and O–H groups in total. The number of allylic oxidation sites excluding steroid dienone is 10. The van der Waals surface area contributed by atoms with E-state index in [1.54, 1.807) is 0 Å². The lowest BCUT2D eigenvalue weighted by atomic mass is 10.0. The summed E-state index contributed by atoms with van der Waals surface area (Å²) < 4.78 is 23.9. The quantitative estimate of drug-likeness (QED) is 0.0243. The van der Waals surface area contributed by atoms with Gasteiger partial charge in [0.05, 0.1) is 39.9 Å². The summed E-state index contributed by atoms with van der Waals surface area (Å²) in [5.41, 5.74) is 0. The number of quaternary nitrogens is 1. The second kappa shape index (κ2) is 59.8. The van der Waals surface area contributed by atoms with Crippen LogP contribution in [0.15, 0.2) is 60.8 Å². The first kappa shape index (κ1) is 76.2. The number of nitrogens with one attached hydrogen (secondary N) is 1. The second-order valence-corrected chi connectivity index (χ2v) is 25.6. The van der Waals surface area contributed by atoms with Crippen LogP contribution in [-0.2, 0) is 18.4 Å². The molecule has 8 nitrogen and oxygen atoms in total. The summed E-state index contributed by atoms with van der Waals surface area (Å²) in [6.45, 7) is 4.81. The number of phosphoric acid groups is 1. The Morgan fingerprint density at radius 2 is 0.769 bits per heavy atom. The SMILES string of the molecule is CC/C=C\C/C=C\C/C=C\C/C=C\C/C=C\CCCCCCCCCCCC(=O)NC(COP(=O)(O)OCC[N+](C)(C)C)C(O)CCCCCCCCCCCCCCCCCCCCCCCCCCCCCCCCC. The Hall–Kier alpha value is -1.80. The van der Waals surface area contributed by atoms with Crippen molar-refractivity contribution in [3.8, 4) is 0 Å². The lowest BCUT2D eigenvalue weighted by Crippen LogP contribution is -2.46. The summed E-state index contributed by atoms with van der Waals surface area (Å²) >= 11 is 0. The molecule has 0 aliphatic rings. The minimum absolute atomic E-state index is 0.0718. The van der Waals surface area contributed by atoms with Crippen molar-refractivity contribution in [2.24, 2.45) is 0 Å². The van der Waals surface area contributed by atoms with Gasteiger partial charge in [-0.3, -0.25) is 13.8 Å². The largest absolute Gasteiger partial charge is 0.472 e. The van der Waals surface area contributed by atoms with E-state index in [0.29, 0.717) is 23.9 Å². The first-order valence-corrected chi connectivity index (χ1v) is 35.1. The molecule has 3 unspecified atom stereocenters. The summed E-state index contributed by atoms with van der Waals surface area (Å²) in [7, 11) is 1.62. The second-order valence-electron chi connectivity index (χ2n) is 24.2. The monoisotopic (exact) mass is 1120 g/mol. The van der Waals surface area contributed by atoms with E-state index < -0.39 is 20.0 Å². The molecule has 9 heteroatoms. The number of hydrogen-bond donors (Lipinski definition) is 3. The van der Waals surface area contributed by atoms with Crippen LogP contribution in [0.3, 0.4) is 0 Å². The number of carbonyl (C=O) groups is 1. The predicted molar refractivity (Wildman–Crippen MR) is 341 cm³/mol. The molecule has 78 heavy (non-hydrogen) atoms. The molecule has 0 spiro atoms. The molecule has 0 saturated carbocycles. The van der Waals surface area contributed by atoms with Gasteiger partial charge in [0.15, 0.2) is 0 Å². The van der Waals surface area contributed by atoms with Crippen LogP contribution in [0.4, 0.5) is 0 Å². The maximum absolute atomic E-state index is 13.1. The molecule has 0 aromatic rings. The maximum Gasteiger partial charge on any atom is 0.472 e. The standard InChI is InChI=1S/C69H131N2O6P/c1-6-8-10-12-14-16-18-20-22-24-26-28-30-32-33-34-35-36-37-39-40-42-44-46-48-50-52-54-56-58-60-62-68(72)67(66-77-78(74,75)76-65-64-71(3,4)5)70-69(73)63-61-59-57-55-53-51-49-47-45-43-41-38-31-29-27-25-23-21-19-17-15-13-11-9-7-2/h9,11,15,17,21,23,27,29,38,41,67-68,72H,6-8,10,12-14,16,18-20,22,24-26,28,30-37,39-40,42-66H2,1-5H3,(H-,70,73,74,75)/p+1/b11-9-,17-15-,23-21-,29-27-,41-38-. The zero-order chi connectivity index (χ0) is 57.0. The number of hydrogen-bond acceptors (Lipinski definition) is 5. The number of aliphatic hydroxyl groups is 1. The maximum atomic E-state index is 13.1. The lowest BCUT2D eigenvalue weighted by Gasteiger charge is -2.26. The van der Waals surface area contributed by atoms with Gasteiger partial charge < -0.3 is 19.8 Å². The van der Waals surface area contributed by atoms with E-state index in [0.717, 1.165) is 77.0 Å². The highest BCUT2D eigenvalue weighted by Gasteiger charge is 2.28. The smallest absolute Gasteiger partial charge is 0.391 e. The lowest BCUT2D eigenvalue weighted by molar-refractivity contribution is -0.870. The minimum Gasteiger partial charge on any atom is -0.391 e. The first-order valence-electron chi connectivity index (χ1n) is 33.7. The molecule has 0 radical (unpaired) electrons. The Balaban J connectivity index is 4.06. The molecular weight excluding hydrogens is 984 g/mol. The van der Waals surface area contributed by atoms with E-state index in [2.05, 4.69) is 79.9 Å². The van der Waals surface area contributed by atoms with Gasteiger partial charge in [-0.15, -0.1) is 0 Å². The van der Waals surface area contributed by atoms with Gasteiger partial charge in [0.2, 0.25) is 5.91 Å². The van der Waals surface area contributed by atoms with Crippen molar-refractivity contribution >= 4 is 13.7 Å². The fourth-order valence-electron chi connectivity index (χ4n) is 10.1. The molecule has 0 aliphatic carbocycles. The van der Waals surface area contributed by atoms with Gasteiger partial charge >= 0.3 is 7.82 Å². The Labute approximate surface area is 485 Å². The molecule has 0 aromatic carbocycles. The molecule has 0 aliphatic heterocycles.